The van der Waals surface area contributed by atoms with Crippen LogP contribution in [-0.4, -0.2) is 21.6 Å². The van der Waals surface area contributed by atoms with E-state index in [1.807, 2.05) is 0 Å². The lowest BCUT2D eigenvalue weighted by molar-refractivity contribution is -0.121. The van der Waals surface area contributed by atoms with E-state index in [0.717, 1.165) is 6.42 Å². The van der Waals surface area contributed by atoms with E-state index in [1.54, 1.807) is 18.2 Å². The first-order chi connectivity index (χ1) is 13.3. The van der Waals surface area contributed by atoms with Gasteiger partial charge in [0.25, 0.3) is 0 Å². The zero-order chi connectivity index (χ0) is 20.3. The predicted molar refractivity (Wildman–Crippen MR) is 113 cm³/mol. The van der Waals surface area contributed by atoms with E-state index in [2.05, 4.69) is 30.0 Å². The highest BCUT2D eigenvalue weighted by Crippen LogP contribution is 2.29. The molecule has 0 saturated heterocycles. The largest absolute Gasteiger partial charge is 0.419 e. The van der Waals surface area contributed by atoms with E-state index in [-0.39, 0.29) is 18.9 Å². The maximum absolute atomic E-state index is 12.1. The topological polar surface area (TPSA) is 88.3 Å². The molecule has 0 spiro atoms. The van der Waals surface area contributed by atoms with Crippen molar-refractivity contribution in [2.75, 3.05) is 0 Å². The summed E-state index contributed by atoms with van der Waals surface area (Å²) in [5, 5.41) is 4.17. The molecule has 2 aromatic rings. The maximum atomic E-state index is 12.1. The summed E-state index contributed by atoms with van der Waals surface area (Å²) in [7, 11) is 0. The number of hydrogen-bond acceptors (Lipinski definition) is 4. The Balaban J connectivity index is 1.48. The van der Waals surface area contributed by atoms with Crippen LogP contribution in [0.5, 0.6) is 0 Å². The highest BCUT2D eigenvalue weighted by atomic mass is 35.5. The van der Waals surface area contributed by atoms with E-state index >= 15 is 0 Å². The molecule has 152 valence electrons. The molecule has 0 radical (unpaired) electrons. The van der Waals surface area contributed by atoms with Crippen molar-refractivity contribution in [2.45, 2.75) is 52.1 Å². The van der Waals surface area contributed by atoms with Gasteiger partial charge in [0.15, 0.2) is 10.7 Å². The number of aromatic nitrogens is 1. The van der Waals surface area contributed by atoms with Gasteiger partial charge in [0, 0.05) is 30.1 Å². The molecule has 1 aliphatic carbocycles. The first-order valence-corrected chi connectivity index (χ1v) is 10.3. The van der Waals surface area contributed by atoms with Crippen LogP contribution in [0.4, 0.5) is 0 Å². The summed E-state index contributed by atoms with van der Waals surface area (Å²) < 4.78 is 6.57. The molecular formula is C19H25ClN4O3S. The number of amides is 1. The number of hydrogen-bond donors (Lipinski definition) is 3. The molecule has 28 heavy (non-hydrogen) atoms. The third-order valence-electron chi connectivity index (χ3n) is 5.53. The van der Waals surface area contributed by atoms with Crippen LogP contribution in [0, 0.1) is 11.8 Å². The number of oxazole rings is 1. The minimum atomic E-state index is -0.518. The van der Waals surface area contributed by atoms with Crippen molar-refractivity contribution < 1.29 is 9.21 Å². The van der Waals surface area contributed by atoms with Gasteiger partial charge in [-0.25, -0.2) is 4.79 Å². The van der Waals surface area contributed by atoms with Gasteiger partial charge in [0.1, 0.15) is 0 Å². The molecule has 0 aliphatic heterocycles. The number of thiocarbonyl (C=S) groups is 1. The second kappa shape index (κ2) is 8.96. The lowest BCUT2D eigenvalue weighted by Gasteiger charge is -2.35. The number of carbonyl (C=O) groups is 1. The van der Waals surface area contributed by atoms with Crippen molar-refractivity contribution in [3.05, 3.63) is 33.8 Å². The summed E-state index contributed by atoms with van der Waals surface area (Å²) in [4.78, 5) is 24.1. The normalized spacial score (nSPS) is 22.0. The van der Waals surface area contributed by atoms with Gasteiger partial charge >= 0.3 is 5.76 Å². The van der Waals surface area contributed by atoms with Crippen molar-refractivity contribution >= 4 is 45.9 Å². The molecule has 0 unspecified atom stereocenters. The third kappa shape index (κ3) is 4.86. The summed E-state index contributed by atoms with van der Waals surface area (Å²) in [6.07, 6.45) is 3.59. The Bertz CT molecular complexity index is 926. The Kier molecular flexibility index (Phi) is 6.61. The summed E-state index contributed by atoms with van der Waals surface area (Å²) >= 11 is 11.2. The van der Waals surface area contributed by atoms with Gasteiger partial charge < -0.3 is 9.73 Å². The molecule has 1 aromatic heterocycles. The molecular weight excluding hydrogens is 400 g/mol. The zero-order valence-corrected chi connectivity index (χ0v) is 17.5. The van der Waals surface area contributed by atoms with Crippen LogP contribution in [0.3, 0.4) is 0 Å². The molecule has 3 N–H and O–H groups in total. The van der Waals surface area contributed by atoms with Crippen LogP contribution in [0.15, 0.2) is 27.4 Å². The van der Waals surface area contributed by atoms with Gasteiger partial charge in [-0.1, -0.05) is 38.3 Å². The molecule has 1 saturated carbocycles. The molecule has 1 fully saturated rings. The first-order valence-electron chi connectivity index (χ1n) is 9.49. The van der Waals surface area contributed by atoms with Crippen molar-refractivity contribution in [3.63, 3.8) is 0 Å². The lowest BCUT2D eigenvalue weighted by Crippen LogP contribution is -2.52. The molecule has 1 aromatic carbocycles. The van der Waals surface area contributed by atoms with E-state index in [4.69, 9.17) is 28.2 Å². The average molecular weight is 425 g/mol. The van der Waals surface area contributed by atoms with E-state index < -0.39 is 5.76 Å². The van der Waals surface area contributed by atoms with E-state index in [0.29, 0.717) is 39.1 Å². The first kappa shape index (κ1) is 20.7. The summed E-state index contributed by atoms with van der Waals surface area (Å²) in [6, 6.07) is 5.26. The third-order valence-corrected chi connectivity index (χ3v) is 5.99. The molecule has 3 rings (SSSR count). The van der Waals surface area contributed by atoms with Crippen LogP contribution >= 0.6 is 23.8 Å². The SMILES string of the molecule is C[C@@H]1[C@H](C)CCC[C@H]1NC(=S)NNC(=O)CCn1c(=O)oc2cc(Cl)ccc21. The minimum Gasteiger partial charge on any atom is -0.408 e. The van der Waals surface area contributed by atoms with Crippen LogP contribution in [-0.2, 0) is 11.3 Å². The van der Waals surface area contributed by atoms with Crippen molar-refractivity contribution in [1.82, 2.24) is 20.7 Å². The van der Waals surface area contributed by atoms with Crippen molar-refractivity contribution in [3.8, 4) is 0 Å². The van der Waals surface area contributed by atoms with Gasteiger partial charge in [-0.05, 0) is 42.6 Å². The van der Waals surface area contributed by atoms with Crippen molar-refractivity contribution in [1.29, 1.82) is 0 Å². The standard InChI is InChI=1S/C19H25ClN4O3S/c1-11-4-3-5-14(12(11)2)21-18(28)23-22-17(25)8-9-24-15-7-6-13(20)10-16(15)27-19(24)26/h6-7,10-12,14H,3-5,8-9H2,1-2H3,(H,22,25)(H2,21,23,28)/t11-,12-,14-/m1/s1. The minimum absolute atomic E-state index is 0.101. The molecule has 9 heteroatoms. The van der Waals surface area contributed by atoms with Crippen LogP contribution in [0.1, 0.15) is 39.5 Å². The Labute approximate surface area is 173 Å². The van der Waals surface area contributed by atoms with Gasteiger partial charge in [-0.2, -0.15) is 0 Å². The molecule has 1 heterocycles. The van der Waals surface area contributed by atoms with Crippen LogP contribution in [0.25, 0.3) is 11.1 Å². The van der Waals surface area contributed by atoms with Gasteiger partial charge in [0.05, 0.1) is 5.52 Å². The Morgan fingerprint density at radius 3 is 2.89 bits per heavy atom. The quantitative estimate of drug-likeness (QED) is 0.516. The predicted octanol–water partition coefficient (Wildman–Crippen LogP) is 2.96. The van der Waals surface area contributed by atoms with Gasteiger partial charge in [-0.3, -0.25) is 20.2 Å². The highest BCUT2D eigenvalue weighted by Gasteiger charge is 2.27. The summed E-state index contributed by atoms with van der Waals surface area (Å²) in [6.45, 7) is 4.67. The summed E-state index contributed by atoms with van der Waals surface area (Å²) in [5.74, 6) is 0.389. The second-order valence-electron chi connectivity index (χ2n) is 7.40. The number of carbonyl (C=O) groups excluding carboxylic acids is 1. The molecule has 0 bridgehead atoms. The second-order valence-corrected chi connectivity index (χ2v) is 8.25. The number of fused-ring (bicyclic) bond motifs is 1. The fourth-order valence-electron chi connectivity index (χ4n) is 3.64. The van der Waals surface area contributed by atoms with Gasteiger partial charge in [0.2, 0.25) is 5.91 Å². The number of aryl methyl sites for hydroxylation is 1. The van der Waals surface area contributed by atoms with Crippen LogP contribution < -0.4 is 21.9 Å². The van der Waals surface area contributed by atoms with Crippen molar-refractivity contribution in [2.24, 2.45) is 11.8 Å². The lowest BCUT2D eigenvalue weighted by atomic mass is 9.78. The monoisotopic (exact) mass is 424 g/mol. The van der Waals surface area contributed by atoms with E-state index in [1.165, 1.54) is 17.4 Å². The smallest absolute Gasteiger partial charge is 0.408 e. The number of halogens is 1. The molecule has 1 aliphatic rings. The molecule has 7 nitrogen and oxygen atoms in total. The number of hydrazine groups is 1. The van der Waals surface area contributed by atoms with Crippen LogP contribution in [0.2, 0.25) is 5.02 Å². The Morgan fingerprint density at radius 1 is 1.32 bits per heavy atom. The fraction of sp³-hybridized carbons (Fsp3) is 0.526. The number of nitrogens with zero attached hydrogens (tertiary/aromatic N) is 1. The molecule has 3 atom stereocenters. The summed E-state index contributed by atoms with van der Waals surface area (Å²) in [5.41, 5.74) is 6.33. The van der Waals surface area contributed by atoms with Gasteiger partial charge in [-0.15, -0.1) is 0 Å². The average Bonchev–Trinajstić information content (AvgIpc) is 2.96. The zero-order valence-electron chi connectivity index (χ0n) is 16.0. The highest BCUT2D eigenvalue weighted by molar-refractivity contribution is 7.80. The number of nitrogens with one attached hydrogen (secondary N) is 3. The maximum Gasteiger partial charge on any atom is 0.419 e. The fourth-order valence-corrected chi connectivity index (χ4v) is 4.01. The Morgan fingerprint density at radius 2 is 2.11 bits per heavy atom. The van der Waals surface area contributed by atoms with E-state index in [9.17, 15) is 9.59 Å². The number of benzene rings is 1. The number of rotatable bonds is 4. The Hall–Kier alpha value is -2.06. The molecule has 1 amide bonds.